The van der Waals surface area contributed by atoms with E-state index in [1.165, 1.54) is 20.1 Å². The molecular formula is C11H19NO3. The summed E-state index contributed by atoms with van der Waals surface area (Å²) in [5.41, 5.74) is 0. The van der Waals surface area contributed by atoms with Gasteiger partial charge in [0, 0.05) is 6.21 Å². The van der Waals surface area contributed by atoms with E-state index in [1.807, 2.05) is 13.8 Å². The van der Waals surface area contributed by atoms with Gasteiger partial charge in [0.1, 0.15) is 17.5 Å². The summed E-state index contributed by atoms with van der Waals surface area (Å²) < 4.78 is 0. The SMILES string of the molecule is CC(=O)C(C=N[C@H](CO)C(C)C)C(C)=O. The fourth-order valence-corrected chi connectivity index (χ4v) is 1.12. The minimum atomic E-state index is -0.766. The molecule has 0 rings (SSSR count). The van der Waals surface area contributed by atoms with E-state index in [9.17, 15) is 9.59 Å². The summed E-state index contributed by atoms with van der Waals surface area (Å²) in [6.45, 7) is 6.50. The lowest BCUT2D eigenvalue weighted by Crippen LogP contribution is -2.24. The van der Waals surface area contributed by atoms with Gasteiger partial charge >= 0.3 is 0 Å². The Morgan fingerprint density at radius 1 is 1.27 bits per heavy atom. The van der Waals surface area contributed by atoms with Gasteiger partial charge < -0.3 is 5.11 Å². The zero-order valence-corrected chi connectivity index (χ0v) is 9.73. The van der Waals surface area contributed by atoms with Crippen molar-refractivity contribution in [1.29, 1.82) is 0 Å². The van der Waals surface area contributed by atoms with E-state index in [0.29, 0.717) is 0 Å². The number of carbonyl (C=O) groups excluding carboxylic acids is 2. The van der Waals surface area contributed by atoms with Crippen LogP contribution in [0.5, 0.6) is 0 Å². The van der Waals surface area contributed by atoms with Gasteiger partial charge in [0.15, 0.2) is 0 Å². The molecule has 0 aliphatic rings. The summed E-state index contributed by atoms with van der Waals surface area (Å²) >= 11 is 0. The second-order valence-corrected chi connectivity index (χ2v) is 3.99. The van der Waals surface area contributed by atoms with Gasteiger partial charge in [0.05, 0.1) is 12.6 Å². The van der Waals surface area contributed by atoms with Crippen molar-refractivity contribution in [3.05, 3.63) is 0 Å². The third kappa shape index (κ3) is 4.83. The van der Waals surface area contributed by atoms with Crippen LogP contribution in [-0.2, 0) is 9.59 Å². The van der Waals surface area contributed by atoms with Crippen LogP contribution in [0, 0.1) is 11.8 Å². The molecule has 0 unspecified atom stereocenters. The number of hydrogen-bond acceptors (Lipinski definition) is 4. The molecule has 86 valence electrons. The van der Waals surface area contributed by atoms with Gasteiger partial charge in [-0.2, -0.15) is 0 Å². The minimum Gasteiger partial charge on any atom is -0.394 e. The molecule has 0 bridgehead atoms. The summed E-state index contributed by atoms with van der Waals surface area (Å²) in [6, 6.07) is -0.244. The van der Waals surface area contributed by atoms with Crippen molar-refractivity contribution in [1.82, 2.24) is 0 Å². The first kappa shape index (κ1) is 14.0. The number of hydrogen-bond donors (Lipinski definition) is 1. The van der Waals surface area contributed by atoms with Crippen LogP contribution in [0.1, 0.15) is 27.7 Å². The third-order valence-electron chi connectivity index (χ3n) is 2.26. The first-order valence-corrected chi connectivity index (χ1v) is 5.05. The smallest absolute Gasteiger partial charge is 0.145 e. The quantitative estimate of drug-likeness (QED) is 0.526. The van der Waals surface area contributed by atoms with Crippen LogP contribution in [-0.4, -0.2) is 35.5 Å². The summed E-state index contributed by atoms with van der Waals surface area (Å²) in [5, 5.41) is 9.00. The molecule has 0 heterocycles. The second-order valence-electron chi connectivity index (χ2n) is 3.99. The molecule has 0 fully saturated rings. The maximum absolute atomic E-state index is 11.1. The van der Waals surface area contributed by atoms with Crippen LogP contribution < -0.4 is 0 Å². The van der Waals surface area contributed by atoms with E-state index < -0.39 is 5.92 Å². The highest BCUT2D eigenvalue weighted by Crippen LogP contribution is 2.06. The predicted molar refractivity (Wildman–Crippen MR) is 59.1 cm³/mol. The van der Waals surface area contributed by atoms with Gasteiger partial charge in [-0.3, -0.25) is 14.6 Å². The Balaban J connectivity index is 4.58. The minimum absolute atomic E-state index is 0.0727. The van der Waals surface area contributed by atoms with E-state index in [0.717, 1.165) is 0 Å². The van der Waals surface area contributed by atoms with Crippen LogP contribution in [0.2, 0.25) is 0 Å². The van der Waals surface area contributed by atoms with E-state index in [1.54, 1.807) is 0 Å². The maximum Gasteiger partial charge on any atom is 0.145 e. The van der Waals surface area contributed by atoms with E-state index >= 15 is 0 Å². The maximum atomic E-state index is 11.1. The van der Waals surface area contributed by atoms with Crippen molar-refractivity contribution in [3.8, 4) is 0 Å². The predicted octanol–water partition coefficient (Wildman–Crippen LogP) is 0.868. The molecule has 0 radical (unpaired) electrons. The summed E-state index contributed by atoms with van der Waals surface area (Å²) in [5.74, 6) is -1.01. The molecule has 15 heavy (non-hydrogen) atoms. The molecule has 0 saturated carbocycles. The molecule has 0 aromatic rings. The highest BCUT2D eigenvalue weighted by molar-refractivity contribution is 6.12. The molecule has 4 nitrogen and oxygen atoms in total. The Morgan fingerprint density at radius 3 is 2.00 bits per heavy atom. The number of nitrogens with zero attached hydrogens (tertiary/aromatic N) is 1. The molecule has 0 amide bonds. The van der Waals surface area contributed by atoms with Gasteiger partial charge in [-0.25, -0.2) is 0 Å². The van der Waals surface area contributed by atoms with Crippen LogP contribution in [0.15, 0.2) is 4.99 Å². The molecule has 0 spiro atoms. The molecular weight excluding hydrogens is 194 g/mol. The zero-order chi connectivity index (χ0) is 12.0. The van der Waals surface area contributed by atoms with Crippen molar-refractivity contribution in [3.63, 3.8) is 0 Å². The van der Waals surface area contributed by atoms with Crippen molar-refractivity contribution < 1.29 is 14.7 Å². The summed E-state index contributed by atoms with van der Waals surface area (Å²) in [4.78, 5) is 26.2. The Bertz CT molecular complexity index is 245. The normalized spacial score (nSPS) is 13.8. The highest BCUT2D eigenvalue weighted by Gasteiger charge is 2.18. The van der Waals surface area contributed by atoms with Gasteiger partial charge in [-0.1, -0.05) is 13.8 Å². The Kier molecular flexibility index (Phi) is 6.01. The first-order valence-electron chi connectivity index (χ1n) is 5.05. The lowest BCUT2D eigenvalue weighted by molar-refractivity contribution is -0.127. The first-order chi connectivity index (χ1) is 6.90. The topological polar surface area (TPSA) is 66.7 Å². The molecule has 1 N–H and O–H groups in total. The highest BCUT2D eigenvalue weighted by atomic mass is 16.3. The Labute approximate surface area is 90.4 Å². The van der Waals surface area contributed by atoms with E-state index in [2.05, 4.69) is 4.99 Å². The monoisotopic (exact) mass is 213 g/mol. The standard InChI is InChI=1S/C11H19NO3/c1-7(2)11(6-13)12-5-10(8(3)14)9(4)15/h5,7,10-11,13H,6H2,1-4H3/t11-/m1/s1. The fraction of sp³-hybridized carbons (Fsp3) is 0.727. The van der Waals surface area contributed by atoms with Gasteiger partial charge in [-0.05, 0) is 19.8 Å². The zero-order valence-electron chi connectivity index (χ0n) is 9.73. The van der Waals surface area contributed by atoms with Crippen LogP contribution in [0.3, 0.4) is 0 Å². The molecule has 0 aliphatic heterocycles. The fourth-order valence-electron chi connectivity index (χ4n) is 1.12. The Morgan fingerprint density at radius 2 is 1.73 bits per heavy atom. The van der Waals surface area contributed by atoms with Gasteiger partial charge in [-0.15, -0.1) is 0 Å². The molecule has 4 heteroatoms. The molecule has 0 aliphatic carbocycles. The molecule has 0 aromatic heterocycles. The molecule has 1 atom stereocenters. The number of carbonyl (C=O) groups is 2. The number of ketones is 2. The molecule has 0 saturated heterocycles. The lowest BCUT2D eigenvalue weighted by atomic mass is 10.0. The van der Waals surface area contributed by atoms with Gasteiger partial charge in [0.2, 0.25) is 0 Å². The lowest BCUT2D eigenvalue weighted by Gasteiger charge is -2.13. The average molecular weight is 213 g/mol. The van der Waals surface area contributed by atoms with E-state index in [4.69, 9.17) is 5.11 Å². The largest absolute Gasteiger partial charge is 0.394 e. The number of Topliss-reactive ketones (excluding diaryl/α,β-unsaturated/α-hetero) is 2. The molecule has 0 aromatic carbocycles. The van der Waals surface area contributed by atoms with Crippen molar-refractivity contribution in [2.75, 3.05) is 6.61 Å². The van der Waals surface area contributed by atoms with E-state index in [-0.39, 0.29) is 30.1 Å². The summed E-state index contributed by atoms with van der Waals surface area (Å²) in [7, 11) is 0. The van der Waals surface area contributed by atoms with Crippen LogP contribution in [0.25, 0.3) is 0 Å². The number of rotatable bonds is 6. The van der Waals surface area contributed by atoms with Gasteiger partial charge in [0.25, 0.3) is 0 Å². The summed E-state index contributed by atoms with van der Waals surface area (Å²) in [6.07, 6.45) is 1.35. The Hall–Kier alpha value is -1.03. The number of aliphatic hydroxyl groups excluding tert-OH is 1. The van der Waals surface area contributed by atoms with Crippen molar-refractivity contribution in [2.24, 2.45) is 16.8 Å². The van der Waals surface area contributed by atoms with Crippen LogP contribution >= 0.6 is 0 Å². The van der Waals surface area contributed by atoms with Crippen molar-refractivity contribution >= 4 is 17.8 Å². The van der Waals surface area contributed by atoms with Crippen LogP contribution in [0.4, 0.5) is 0 Å². The number of aliphatic imine (C=N–C) groups is 1. The second kappa shape index (κ2) is 6.45. The van der Waals surface area contributed by atoms with Crippen molar-refractivity contribution in [2.45, 2.75) is 33.7 Å². The third-order valence-corrected chi connectivity index (χ3v) is 2.26. The number of aliphatic hydroxyl groups is 1. The average Bonchev–Trinajstić information content (AvgIpc) is 2.10.